The highest BCUT2D eigenvalue weighted by Gasteiger charge is 2.24. The molecule has 1 aromatic rings. The molecular weight excluding hydrogens is 386 g/mol. The zero-order valence-corrected chi connectivity index (χ0v) is 17.5. The van der Waals surface area contributed by atoms with Crippen molar-refractivity contribution < 1.29 is 13.2 Å². The Bertz CT molecular complexity index is 747. The van der Waals surface area contributed by atoms with Gasteiger partial charge >= 0.3 is 0 Å². The molecule has 152 valence electrons. The number of carbonyl (C=O) groups is 1. The minimum Gasteiger partial charge on any atom is -0.313 e. The number of fused-ring (bicyclic) bond motifs is 1. The maximum Gasteiger partial charge on any atom is 0.240 e. The Labute approximate surface area is 168 Å². The van der Waals surface area contributed by atoms with Gasteiger partial charge in [-0.25, -0.2) is 13.1 Å². The quantitative estimate of drug-likeness (QED) is 0.553. The summed E-state index contributed by atoms with van der Waals surface area (Å²) in [6, 6.07) is 5.53. The molecule has 1 aliphatic heterocycles. The van der Waals surface area contributed by atoms with Crippen molar-refractivity contribution in [2.75, 3.05) is 24.5 Å². The number of halogens is 1. The molecule has 2 aliphatic rings. The molecule has 27 heavy (non-hydrogen) atoms. The molecule has 0 radical (unpaired) electrons. The molecule has 1 fully saturated rings. The summed E-state index contributed by atoms with van der Waals surface area (Å²) in [6.07, 6.45) is 8.20. The van der Waals surface area contributed by atoms with Crippen LogP contribution in [0.3, 0.4) is 0 Å². The number of nitrogens with one attached hydrogen (secondary N) is 2. The van der Waals surface area contributed by atoms with Crippen LogP contribution in [0, 0.1) is 0 Å². The van der Waals surface area contributed by atoms with Crippen molar-refractivity contribution >= 4 is 34.0 Å². The van der Waals surface area contributed by atoms with Crippen LogP contribution in [0.4, 0.5) is 5.69 Å². The normalized spacial score (nSPS) is 17.9. The molecule has 8 heteroatoms. The van der Waals surface area contributed by atoms with Gasteiger partial charge in [0.1, 0.15) is 0 Å². The van der Waals surface area contributed by atoms with E-state index < -0.39 is 10.0 Å². The molecule has 1 aliphatic carbocycles. The predicted molar refractivity (Wildman–Crippen MR) is 110 cm³/mol. The molecular formula is C19H30ClN3O3S. The van der Waals surface area contributed by atoms with E-state index in [0.717, 1.165) is 11.3 Å². The summed E-state index contributed by atoms with van der Waals surface area (Å²) in [5.41, 5.74) is 1.74. The zero-order chi connectivity index (χ0) is 18.6. The first kappa shape index (κ1) is 22.1. The Morgan fingerprint density at radius 1 is 1.15 bits per heavy atom. The van der Waals surface area contributed by atoms with Crippen LogP contribution in [0.1, 0.15) is 51.0 Å². The number of sulfonamides is 1. The van der Waals surface area contributed by atoms with Gasteiger partial charge in [0, 0.05) is 38.3 Å². The van der Waals surface area contributed by atoms with E-state index in [-0.39, 0.29) is 23.2 Å². The number of amides is 1. The molecule has 3 rings (SSSR count). The van der Waals surface area contributed by atoms with E-state index in [9.17, 15) is 13.2 Å². The summed E-state index contributed by atoms with van der Waals surface area (Å²) in [4.78, 5) is 13.6. The van der Waals surface area contributed by atoms with Gasteiger partial charge in [-0.2, -0.15) is 0 Å². The highest BCUT2D eigenvalue weighted by molar-refractivity contribution is 7.89. The summed E-state index contributed by atoms with van der Waals surface area (Å²) >= 11 is 0. The first-order valence-electron chi connectivity index (χ1n) is 9.61. The highest BCUT2D eigenvalue weighted by Crippen LogP contribution is 2.30. The van der Waals surface area contributed by atoms with Crippen LogP contribution in [0.15, 0.2) is 23.1 Å². The summed E-state index contributed by atoms with van der Waals surface area (Å²) in [6.45, 7) is 3.18. The van der Waals surface area contributed by atoms with Gasteiger partial charge in [-0.3, -0.25) is 4.79 Å². The molecule has 1 amide bonds. The van der Waals surface area contributed by atoms with Gasteiger partial charge in [-0.1, -0.05) is 25.7 Å². The fourth-order valence-corrected chi connectivity index (χ4v) is 4.98. The van der Waals surface area contributed by atoms with Crippen LogP contribution >= 0.6 is 12.4 Å². The second kappa shape index (κ2) is 9.87. The van der Waals surface area contributed by atoms with E-state index in [1.54, 1.807) is 23.1 Å². The zero-order valence-electron chi connectivity index (χ0n) is 15.9. The Hall–Kier alpha value is -1.15. The van der Waals surface area contributed by atoms with Gasteiger partial charge in [-0.05, 0) is 43.0 Å². The number of carbonyl (C=O) groups excluding carboxylic acids is 1. The molecule has 0 atom stereocenters. The summed E-state index contributed by atoms with van der Waals surface area (Å²) < 4.78 is 27.8. The van der Waals surface area contributed by atoms with E-state index in [1.807, 2.05) is 0 Å². The Morgan fingerprint density at radius 2 is 1.85 bits per heavy atom. The van der Waals surface area contributed by atoms with Crippen LogP contribution in [-0.2, 0) is 21.2 Å². The minimum absolute atomic E-state index is 0. The Balaban J connectivity index is 0.00000261. The van der Waals surface area contributed by atoms with Gasteiger partial charge in [0.05, 0.1) is 4.90 Å². The van der Waals surface area contributed by atoms with Crippen LogP contribution in [0.25, 0.3) is 0 Å². The lowest BCUT2D eigenvalue weighted by molar-refractivity contribution is -0.116. The first-order chi connectivity index (χ1) is 12.5. The average Bonchev–Trinajstić information content (AvgIpc) is 2.87. The fourth-order valence-electron chi connectivity index (χ4n) is 3.90. The molecule has 0 spiro atoms. The van der Waals surface area contributed by atoms with E-state index in [2.05, 4.69) is 10.0 Å². The topological polar surface area (TPSA) is 78.5 Å². The number of benzene rings is 1. The summed E-state index contributed by atoms with van der Waals surface area (Å²) in [5, 5.41) is 3.47. The third kappa shape index (κ3) is 5.67. The first-order valence-corrected chi connectivity index (χ1v) is 11.1. The number of anilines is 1. The van der Waals surface area contributed by atoms with E-state index in [0.29, 0.717) is 32.1 Å². The predicted octanol–water partition coefficient (Wildman–Crippen LogP) is 2.61. The van der Waals surface area contributed by atoms with E-state index in [1.165, 1.54) is 45.4 Å². The van der Waals surface area contributed by atoms with Crippen LogP contribution < -0.4 is 14.9 Å². The SMILES string of the molecule is CC(=O)N1CCc2cc(S(=O)(=O)NCCNC3CCCCCC3)ccc21.Cl. The lowest BCUT2D eigenvalue weighted by Gasteiger charge is -2.17. The summed E-state index contributed by atoms with van der Waals surface area (Å²) in [7, 11) is -3.52. The molecule has 2 N–H and O–H groups in total. The molecule has 6 nitrogen and oxygen atoms in total. The highest BCUT2D eigenvalue weighted by atomic mass is 35.5. The second-order valence-corrected chi connectivity index (χ2v) is 9.02. The molecule has 0 aromatic heterocycles. The van der Waals surface area contributed by atoms with Crippen molar-refractivity contribution in [1.82, 2.24) is 10.0 Å². The van der Waals surface area contributed by atoms with Crippen molar-refractivity contribution in [3.05, 3.63) is 23.8 Å². The van der Waals surface area contributed by atoms with Gasteiger partial charge in [0.15, 0.2) is 0 Å². The lowest BCUT2D eigenvalue weighted by atomic mass is 10.1. The van der Waals surface area contributed by atoms with Gasteiger partial charge in [-0.15, -0.1) is 12.4 Å². The smallest absolute Gasteiger partial charge is 0.240 e. The molecule has 1 heterocycles. The maximum atomic E-state index is 12.5. The lowest BCUT2D eigenvalue weighted by Crippen LogP contribution is -2.36. The molecule has 1 saturated carbocycles. The Morgan fingerprint density at radius 3 is 2.52 bits per heavy atom. The van der Waals surface area contributed by atoms with Crippen LogP contribution in [0.2, 0.25) is 0 Å². The monoisotopic (exact) mass is 415 g/mol. The largest absolute Gasteiger partial charge is 0.313 e. The number of hydrogen-bond acceptors (Lipinski definition) is 4. The summed E-state index contributed by atoms with van der Waals surface area (Å²) in [5.74, 6) is -0.0120. The van der Waals surface area contributed by atoms with E-state index >= 15 is 0 Å². The maximum absolute atomic E-state index is 12.5. The standard InChI is InChI=1S/C19H29N3O3S.ClH/c1-15(23)22-13-10-16-14-18(8-9-19(16)22)26(24,25)21-12-11-20-17-6-4-2-3-5-7-17;/h8-9,14,17,20-21H,2-7,10-13H2,1H3;1H. The van der Waals surface area contributed by atoms with Crippen molar-refractivity contribution in [3.8, 4) is 0 Å². The van der Waals surface area contributed by atoms with Gasteiger partial charge in [0.25, 0.3) is 0 Å². The average molecular weight is 416 g/mol. The van der Waals surface area contributed by atoms with Crippen molar-refractivity contribution in [1.29, 1.82) is 0 Å². The number of nitrogens with zero attached hydrogens (tertiary/aromatic N) is 1. The molecule has 1 aromatic carbocycles. The number of rotatable bonds is 6. The molecule has 0 saturated heterocycles. The van der Waals surface area contributed by atoms with Gasteiger partial charge < -0.3 is 10.2 Å². The second-order valence-electron chi connectivity index (χ2n) is 7.25. The van der Waals surface area contributed by atoms with Crippen LogP contribution in [-0.4, -0.2) is 40.0 Å². The third-order valence-corrected chi connectivity index (χ3v) is 6.80. The van der Waals surface area contributed by atoms with Crippen molar-refractivity contribution in [3.63, 3.8) is 0 Å². The van der Waals surface area contributed by atoms with Crippen LogP contribution in [0.5, 0.6) is 0 Å². The molecule has 0 bridgehead atoms. The Kier molecular flexibility index (Phi) is 8.09. The molecule has 0 unspecified atom stereocenters. The van der Waals surface area contributed by atoms with E-state index in [4.69, 9.17) is 0 Å². The van der Waals surface area contributed by atoms with Crippen molar-refractivity contribution in [2.24, 2.45) is 0 Å². The van der Waals surface area contributed by atoms with Crippen molar-refractivity contribution in [2.45, 2.75) is 62.8 Å². The third-order valence-electron chi connectivity index (χ3n) is 5.34. The fraction of sp³-hybridized carbons (Fsp3) is 0.632. The number of hydrogen-bond donors (Lipinski definition) is 2. The minimum atomic E-state index is -3.52. The van der Waals surface area contributed by atoms with Gasteiger partial charge in [0.2, 0.25) is 15.9 Å².